The fourth-order valence-corrected chi connectivity index (χ4v) is 5.10. The van der Waals surface area contributed by atoms with Crippen LogP contribution in [-0.4, -0.2) is 63.9 Å². The lowest BCUT2D eigenvalue weighted by Crippen LogP contribution is -2.65. The van der Waals surface area contributed by atoms with Gasteiger partial charge in [0.25, 0.3) is 0 Å². The van der Waals surface area contributed by atoms with E-state index in [1.807, 2.05) is 60.7 Å². The molecule has 4 atom stereocenters. The SMILES string of the molecule is CC1(OC(O)CCl)CSC(CN)N(C=O)[C@H]1C(=O)OC(c1ccccc1)c1ccccc1. The van der Waals surface area contributed by atoms with Crippen LogP contribution in [0.15, 0.2) is 60.7 Å². The van der Waals surface area contributed by atoms with Crippen LogP contribution in [0.4, 0.5) is 0 Å². The van der Waals surface area contributed by atoms with Gasteiger partial charge in [-0.25, -0.2) is 4.79 Å². The fourth-order valence-electron chi connectivity index (χ4n) is 3.80. The molecule has 1 fully saturated rings. The Balaban J connectivity index is 1.97. The van der Waals surface area contributed by atoms with Crippen molar-refractivity contribution in [2.24, 2.45) is 5.73 Å². The van der Waals surface area contributed by atoms with Gasteiger partial charge in [0.15, 0.2) is 18.4 Å². The van der Waals surface area contributed by atoms with Crippen molar-refractivity contribution in [3.63, 3.8) is 0 Å². The van der Waals surface area contributed by atoms with Crippen molar-refractivity contribution in [1.82, 2.24) is 4.90 Å². The van der Waals surface area contributed by atoms with Crippen LogP contribution in [0.25, 0.3) is 0 Å². The molecule has 3 rings (SSSR count). The third kappa shape index (κ3) is 5.44. The summed E-state index contributed by atoms with van der Waals surface area (Å²) in [6, 6.07) is 17.6. The van der Waals surface area contributed by atoms with Crippen molar-refractivity contribution in [3.8, 4) is 0 Å². The van der Waals surface area contributed by atoms with Crippen LogP contribution in [0.5, 0.6) is 0 Å². The van der Waals surface area contributed by atoms with Crippen molar-refractivity contribution in [2.75, 3.05) is 18.2 Å². The maximum absolute atomic E-state index is 13.6. The topological polar surface area (TPSA) is 102 Å². The summed E-state index contributed by atoms with van der Waals surface area (Å²) in [5, 5.41) is 9.62. The standard InChI is InChI=1S/C23H27ClN2O5S/c1-23(31-19(28)12-24)14-32-18(13-25)26(15-27)21(23)22(29)30-20(16-8-4-2-5-9-16)17-10-6-3-7-11-17/h2-11,15,18-21,28H,12-14,25H2,1H3/t18?,19?,21-,23?/m0/s1. The van der Waals surface area contributed by atoms with Crippen molar-refractivity contribution < 1.29 is 24.2 Å². The first kappa shape index (κ1) is 24.5. The lowest BCUT2D eigenvalue weighted by molar-refractivity contribution is -0.200. The van der Waals surface area contributed by atoms with E-state index in [0.29, 0.717) is 12.2 Å². The van der Waals surface area contributed by atoms with E-state index in [1.54, 1.807) is 6.92 Å². The summed E-state index contributed by atoms with van der Waals surface area (Å²) >= 11 is 7.10. The van der Waals surface area contributed by atoms with Gasteiger partial charge in [0.05, 0.1) is 11.3 Å². The molecule has 172 valence electrons. The highest BCUT2D eigenvalue weighted by atomic mass is 35.5. The van der Waals surface area contributed by atoms with E-state index < -0.39 is 35.4 Å². The Morgan fingerprint density at radius 1 is 1.25 bits per heavy atom. The number of amides is 1. The molecule has 1 amide bonds. The minimum Gasteiger partial charge on any atom is -0.451 e. The van der Waals surface area contributed by atoms with E-state index in [1.165, 1.54) is 16.7 Å². The molecule has 7 nitrogen and oxygen atoms in total. The summed E-state index contributed by atoms with van der Waals surface area (Å²) in [7, 11) is 0. The molecule has 32 heavy (non-hydrogen) atoms. The van der Waals surface area contributed by atoms with Crippen LogP contribution in [-0.2, 0) is 19.1 Å². The number of hydrogen-bond acceptors (Lipinski definition) is 7. The van der Waals surface area contributed by atoms with Gasteiger partial charge < -0.3 is 25.2 Å². The van der Waals surface area contributed by atoms with Gasteiger partial charge in [-0.3, -0.25) is 4.79 Å². The van der Waals surface area contributed by atoms with Crippen LogP contribution >= 0.6 is 23.4 Å². The fraction of sp³-hybridized carbons (Fsp3) is 0.391. The summed E-state index contributed by atoms with van der Waals surface area (Å²) < 4.78 is 11.8. The molecular formula is C23H27ClN2O5S. The molecule has 2 aromatic rings. The highest BCUT2D eigenvalue weighted by molar-refractivity contribution is 8.00. The molecule has 9 heteroatoms. The summed E-state index contributed by atoms with van der Waals surface area (Å²) in [5.74, 6) is -0.522. The summed E-state index contributed by atoms with van der Waals surface area (Å²) in [4.78, 5) is 26.9. The van der Waals surface area contributed by atoms with Crippen LogP contribution in [0.3, 0.4) is 0 Å². The number of benzene rings is 2. The van der Waals surface area contributed by atoms with E-state index in [4.69, 9.17) is 26.8 Å². The first-order valence-electron chi connectivity index (χ1n) is 10.2. The third-order valence-corrected chi connectivity index (χ3v) is 7.12. The van der Waals surface area contributed by atoms with E-state index >= 15 is 0 Å². The average molecular weight is 479 g/mol. The highest BCUT2D eigenvalue weighted by Gasteiger charge is 2.52. The van der Waals surface area contributed by atoms with E-state index in [2.05, 4.69) is 0 Å². The number of aliphatic hydroxyl groups excluding tert-OH is 1. The number of aliphatic hydroxyl groups is 1. The number of ether oxygens (including phenoxy) is 2. The number of nitrogens with two attached hydrogens (primary N) is 1. The molecule has 0 bridgehead atoms. The quantitative estimate of drug-likeness (QED) is 0.247. The minimum absolute atomic E-state index is 0.155. The molecule has 1 aliphatic rings. The maximum atomic E-state index is 13.6. The van der Waals surface area contributed by atoms with Gasteiger partial charge >= 0.3 is 5.97 Å². The zero-order valence-corrected chi connectivity index (χ0v) is 19.2. The van der Waals surface area contributed by atoms with Crippen molar-refractivity contribution in [2.45, 2.75) is 36.3 Å². The second kappa shape index (κ2) is 11.2. The van der Waals surface area contributed by atoms with Crippen LogP contribution in [0.1, 0.15) is 24.2 Å². The number of carbonyl (C=O) groups is 2. The van der Waals surface area contributed by atoms with Crippen molar-refractivity contribution in [3.05, 3.63) is 71.8 Å². The number of nitrogens with zero attached hydrogens (tertiary/aromatic N) is 1. The van der Waals surface area contributed by atoms with Crippen LogP contribution in [0, 0.1) is 0 Å². The first-order chi connectivity index (χ1) is 15.4. The number of thioether (sulfide) groups is 1. The second-order valence-electron chi connectivity index (χ2n) is 7.63. The lowest BCUT2D eigenvalue weighted by atomic mass is 9.95. The molecule has 0 aliphatic carbocycles. The summed E-state index contributed by atoms with van der Waals surface area (Å²) in [6.45, 7) is 1.81. The number of carbonyl (C=O) groups excluding carboxylic acids is 2. The molecule has 3 unspecified atom stereocenters. The smallest absolute Gasteiger partial charge is 0.332 e. The molecule has 1 heterocycles. The van der Waals surface area contributed by atoms with Crippen molar-refractivity contribution in [1.29, 1.82) is 0 Å². The second-order valence-corrected chi connectivity index (χ2v) is 9.11. The minimum atomic E-state index is -1.31. The third-order valence-electron chi connectivity index (χ3n) is 5.29. The number of rotatable bonds is 9. The Morgan fingerprint density at radius 3 is 2.28 bits per heavy atom. The van der Waals surface area contributed by atoms with Gasteiger partial charge in [-0.1, -0.05) is 60.7 Å². The van der Waals surface area contributed by atoms with Crippen LogP contribution in [0.2, 0.25) is 0 Å². The highest BCUT2D eigenvalue weighted by Crippen LogP contribution is 2.38. The Kier molecular flexibility index (Phi) is 8.56. The number of alkyl halides is 1. The van der Waals surface area contributed by atoms with Gasteiger partial charge in [-0.05, 0) is 18.1 Å². The Bertz CT molecular complexity index is 851. The maximum Gasteiger partial charge on any atom is 0.332 e. The van der Waals surface area contributed by atoms with Gasteiger partial charge in [-0.2, -0.15) is 0 Å². The van der Waals surface area contributed by atoms with Gasteiger partial charge in [-0.15, -0.1) is 23.4 Å². The summed E-state index contributed by atoms with van der Waals surface area (Å²) in [5.41, 5.74) is 6.18. The van der Waals surface area contributed by atoms with Gasteiger partial charge in [0, 0.05) is 12.3 Å². The molecule has 3 N–H and O–H groups in total. The molecule has 0 saturated carbocycles. The lowest BCUT2D eigenvalue weighted by Gasteiger charge is -2.48. The predicted molar refractivity (Wildman–Crippen MR) is 124 cm³/mol. The van der Waals surface area contributed by atoms with E-state index in [9.17, 15) is 14.7 Å². The van der Waals surface area contributed by atoms with Crippen molar-refractivity contribution >= 4 is 35.7 Å². The Morgan fingerprint density at radius 2 is 1.81 bits per heavy atom. The zero-order chi connectivity index (χ0) is 23.1. The first-order valence-corrected chi connectivity index (χ1v) is 11.8. The van der Waals surface area contributed by atoms with E-state index in [-0.39, 0.29) is 12.4 Å². The predicted octanol–water partition coefficient (Wildman–Crippen LogP) is 2.51. The normalized spacial score (nSPS) is 24.2. The van der Waals surface area contributed by atoms with Gasteiger partial charge in [0.2, 0.25) is 6.41 Å². The largest absolute Gasteiger partial charge is 0.451 e. The molecule has 1 saturated heterocycles. The monoisotopic (exact) mass is 478 g/mol. The number of halogens is 1. The number of hydrogen-bond donors (Lipinski definition) is 2. The van der Waals surface area contributed by atoms with Crippen LogP contribution < -0.4 is 5.73 Å². The Hall–Kier alpha value is -2.10. The molecule has 0 radical (unpaired) electrons. The van der Waals surface area contributed by atoms with Gasteiger partial charge in [0.1, 0.15) is 5.60 Å². The summed E-state index contributed by atoms with van der Waals surface area (Å²) in [6.07, 6.45) is -1.42. The Labute approximate surface area is 196 Å². The zero-order valence-electron chi connectivity index (χ0n) is 17.7. The average Bonchev–Trinajstić information content (AvgIpc) is 2.82. The molecule has 0 spiro atoms. The molecule has 0 aromatic heterocycles. The number of esters is 1. The molecule has 1 aliphatic heterocycles. The molecule has 2 aromatic carbocycles. The molecular weight excluding hydrogens is 452 g/mol. The van der Waals surface area contributed by atoms with E-state index in [0.717, 1.165) is 11.1 Å².